The van der Waals surface area contributed by atoms with E-state index in [1.165, 1.54) is 0 Å². The summed E-state index contributed by atoms with van der Waals surface area (Å²) in [6.07, 6.45) is 2.41. The van der Waals surface area contributed by atoms with E-state index >= 15 is 0 Å². The summed E-state index contributed by atoms with van der Waals surface area (Å²) >= 11 is 0. The molecule has 3 saturated heterocycles. The van der Waals surface area contributed by atoms with Gasteiger partial charge in [0, 0.05) is 13.0 Å². The number of fused-ring (bicyclic) bond motifs is 3. The predicted molar refractivity (Wildman–Crippen MR) is 67.6 cm³/mol. The van der Waals surface area contributed by atoms with E-state index in [0.29, 0.717) is 26.4 Å². The van der Waals surface area contributed by atoms with Gasteiger partial charge in [-0.15, -0.1) is 0 Å². The van der Waals surface area contributed by atoms with Gasteiger partial charge in [-0.1, -0.05) is 13.3 Å². The van der Waals surface area contributed by atoms with E-state index in [4.69, 9.17) is 18.9 Å². The maximum absolute atomic E-state index is 11.3. The van der Waals surface area contributed by atoms with Gasteiger partial charge in [-0.3, -0.25) is 0 Å². The zero-order valence-electron chi connectivity index (χ0n) is 11.7. The number of carbonyl (C=O) groups excluding carboxylic acids is 1. The quantitative estimate of drug-likeness (QED) is 0.797. The second kappa shape index (κ2) is 6.07. The lowest BCUT2D eigenvalue weighted by Gasteiger charge is -2.51. The maximum atomic E-state index is 11.3. The number of nitrogens with one attached hydrogen (secondary N) is 1. The number of alkyl carbamates (subject to hydrolysis) is 1. The van der Waals surface area contributed by atoms with Crippen molar-refractivity contribution in [3.8, 4) is 0 Å². The summed E-state index contributed by atoms with van der Waals surface area (Å²) in [7, 11) is 0. The van der Waals surface area contributed by atoms with Gasteiger partial charge in [0.25, 0.3) is 5.97 Å². The monoisotopic (exact) mass is 273 g/mol. The first-order valence-corrected chi connectivity index (χ1v) is 6.96. The van der Waals surface area contributed by atoms with Crippen LogP contribution in [0.4, 0.5) is 4.79 Å². The summed E-state index contributed by atoms with van der Waals surface area (Å²) < 4.78 is 22.3. The first kappa shape index (κ1) is 14.6. The van der Waals surface area contributed by atoms with E-state index in [1.807, 2.05) is 6.92 Å². The fourth-order valence-corrected chi connectivity index (χ4v) is 2.19. The number of amides is 1. The van der Waals surface area contributed by atoms with Crippen molar-refractivity contribution in [3.05, 3.63) is 0 Å². The van der Waals surface area contributed by atoms with Crippen LogP contribution in [-0.2, 0) is 18.9 Å². The van der Waals surface area contributed by atoms with Gasteiger partial charge in [0.05, 0.1) is 25.2 Å². The van der Waals surface area contributed by atoms with Crippen LogP contribution in [0.2, 0.25) is 0 Å². The summed E-state index contributed by atoms with van der Waals surface area (Å²) in [4.78, 5) is 11.3. The molecule has 0 saturated carbocycles. The highest BCUT2D eigenvalue weighted by atomic mass is 16.9. The van der Waals surface area contributed by atoms with Crippen molar-refractivity contribution in [2.24, 2.45) is 5.41 Å². The molecule has 6 heteroatoms. The Morgan fingerprint density at radius 1 is 1.21 bits per heavy atom. The largest absolute Gasteiger partial charge is 0.449 e. The van der Waals surface area contributed by atoms with Gasteiger partial charge in [0.2, 0.25) is 0 Å². The smallest absolute Gasteiger partial charge is 0.407 e. The fourth-order valence-electron chi connectivity index (χ4n) is 2.19. The Morgan fingerprint density at radius 3 is 2.37 bits per heavy atom. The van der Waals surface area contributed by atoms with Crippen LogP contribution in [0.5, 0.6) is 0 Å². The molecular formula is C13H23NO5. The van der Waals surface area contributed by atoms with E-state index in [0.717, 1.165) is 19.3 Å². The topological polar surface area (TPSA) is 66.0 Å². The molecule has 3 fully saturated rings. The Hall–Kier alpha value is -0.850. The molecule has 6 nitrogen and oxygen atoms in total. The average Bonchev–Trinajstić information content (AvgIpc) is 2.46. The molecule has 0 aliphatic carbocycles. The molecule has 0 radical (unpaired) electrons. The Bertz CT molecular complexity index is 296. The third kappa shape index (κ3) is 3.38. The number of carbonyl (C=O) groups is 1. The lowest BCUT2D eigenvalue weighted by Crippen LogP contribution is -2.61. The molecular weight excluding hydrogens is 250 g/mol. The van der Waals surface area contributed by atoms with Crippen LogP contribution in [0.3, 0.4) is 0 Å². The van der Waals surface area contributed by atoms with Crippen molar-refractivity contribution < 1.29 is 23.7 Å². The van der Waals surface area contributed by atoms with Crippen LogP contribution in [-0.4, -0.2) is 45.0 Å². The summed E-state index contributed by atoms with van der Waals surface area (Å²) in [5.41, 5.74) is -0.362. The number of unbranched alkanes of at least 4 members (excludes halogenated alkanes) is 1. The SMILES string of the molecule is CCCCC12OCC(COC(=O)NCC)(CO1)CO2. The van der Waals surface area contributed by atoms with Crippen molar-refractivity contribution >= 4 is 6.09 Å². The van der Waals surface area contributed by atoms with Gasteiger partial charge in [-0.25, -0.2) is 4.79 Å². The zero-order chi connectivity index (χ0) is 13.8. The molecule has 0 aromatic carbocycles. The molecule has 19 heavy (non-hydrogen) atoms. The van der Waals surface area contributed by atoms with Crippen LogP contribution >= 0.6 is 0 Å². The van der Waals surface area contributed by atoms with Crippen LogP contribution in [0.25, 0.3) is 0 Å². The highest BCUT2D eigenvalue weighted by Crippen LogP contribution is 2.41. The minimum Gasteiger partial charge on any atom is -0.449 e. The Balaban J connectivity index is 1.81. The van der Waals surface area contributed by atoms with E-state index < -0.39 is 12.1 Å². The van der Waals surface area contributed by atoms with Gasteiger partial charge >= 0.3 is 6.09 Å². The Kier molecular flexibility index (Phi) is 4.65. The van der Waals surface area contributed by atoms with Crippen molar-refractivity contribution in [2.75, 3.05) is 33.0 Å². The number of hydrogen-bond donors (Lipinski definition) is 1. The maximum Gasteiger partial charge on any atom is 0.407 e. The number of rotatable bonds is 6. The van der Waals surface area contributed by atoms with E-state index in [9.17, 15) is 4.79 Å². The Morgan fingerprint density at radius 2 is 1.84 bits per heavy atom. The first-order valence-electron chi connectivity index (χ1n) is 6.96. The van der Waals surface area contributed by atoms with Crippen molar-refractivity contribution in [1.82, 2.24) is 5.32 Å². The molecule has 0 spiro atoms. The number of hydrogen-bond acceptors (Lipinski definition) is 5. The summed E-state index contributed by atoms with van der Waals surface area (Å²) in [6.45, 7) is 6.30. The molecule has 1 N–H and O–H groups in total. The van der Waals surface area contributed by atoms with Crippen molar-refractivity contribution in [1.29, 1.82) is 0 Å². The molecule has 3 aliphatic heterocycles. The molecule has 110 valence electrons. The standard InChI is InChI=1S/C13H23NO5/c1-3-5-6-13-17-8-12(9-18-13,10-19-13)7-16-11(15)14-4-2/h3-10H2,1-2H3,(H,14,15). The molecule has 0 atom stereocenters. The highest BCUT2D eigenvalue weighted by molar-refractivity contribution is 5.67. The third-order valence-corrected chi connectivity index (χ3v) is 3.46. The molecule has 0 unspecified atom stereocenters. The van der Waals surface area contributed by atoms with Crippen LogP contribution in [0, 0.1) is 5.41 Å². The molecule has 0 aromatic heterocycles. The molecule has 3 rings (SSSR count). The molecule has 1 amide bonds. The molecule has 3 heterocycles. The van der Waals surface area contributed by atoms with Crippen molar-refractivity contribution in [3.63, 3.8) is 0 Å². The minimum atomic E-state index is -0.858. The number of ether oxygens (including phenoxy) is 4. The molecule has 0 aromatic rings. The van der Waals surface area contributed by atoms with E-state index in [1.54, 1.807) is 0 Å². The average molecular weight is 273 g/mol. The van der Waals surface area contributed by atoms with Crippen LogP contribution in [0.15, 0.2) is 0 Å². The Labute approximate surface area is 113 Å². The second-order valence-corrected chi connectivity index (χ2v) is 5.26. The van der Waals surface area contributed by atoms with Crippen LogP contribution < -0.4 is 5.32 Å². The fraction of sp³-hybridized carbons (Fsp3) is 0.923. The lowest BCUT2D eigenvalue weighted by molar-refractivity contribution is -0.471. The van der Waals surface area contributed by atoms with E-state index in [-0.39, 0.29) is 12.0 Å². The summed E-state index contributed by atoms with van der Waals surface area (Å²) in [5, 5.41) is 2.59. The molecule has 2 bridgehead atoms. The van der Waals surface area contributed by atoms with Gasteiger partial charge in [0.1, 0.15) is 6.61 Å². The second-order valence-electron chi connectivity index (χ2n) is 5.26. The molecule has 3 aliphatic rings. The first-order chi connectivity index (χ1) is 9.14. The highest BCUT2D eigenvalue weighted by Gasteiger charge is 2.52. The van der Waals surface area contributed by atoms with Crippen molar-refractivity contribution in [2.45, 2.75) is 39.1 Å². The normalized spacial score (nSPS) is 33.2. The van der Waals surface area contributed by atoms with Crippen LogP contribution in [0.1, 0.15) is 33.1 Å². The minimum absolute atomic E-state index is 0.253. The van der Waals surface area contributed by atoms with Gasteiger partial charge < -0.3 is 24.3 Å². The van der Waals surface area contributed by atoms with E-state index in [2.05, 4.69) is 12.2 Å². The predicted octanol–water partition coefficient (Wildman–Crippen LogP) is 1.64. The van der Waals surface area contributed by atoms with Gasteiger partial charge in [-0.05, 0) is 13.3 Å². The summed E-state index contributed by atoms with van der Waals surface area (Å²) in [5.74, 6) is -0.858. The van der Waals surface area contributed by atoms with Gasteiger partial charge in [-0.2, -0.15) is 0 Å². The summed E-state index contributed by atoms with van der Waals surface area (Å²) in [6, 6.07) is 0. The lowest BCUT2D eigenvalue weighted by atomic mass is 9.89. The zero-order valence-corrected chi connectivity index (χ0v) is 11.7. The van der Waals surface area contributed by atoms with Gasteiger partial charge in [0.15, 0.2) is 0 Å². The third-order valence-electron chi connectivity index (χ3n) is 3.46.